The predicted molar refractivity (Wildman–Crippen MR) is 87.2 cm³/mol. The molecule has 0 saturated carbocycles. The number of fused-ring (bicyclic) bond motifs is 1. The van der Waals surface area contributed by atoms with Crippen molar-refractivity contribution >= 4 is 16.9 Å². The van der Waals surface area contributed by atoms with E-state index in [1.165, 1.54) is 12.4 Å². The maximum Gasteiger partial charge on any atom is 0.168 e. The van der Waals surface area contributed by atoms with E-state index in [1.54, 1.807) is 29.1 Å². The summed E-state index contributed by atoms with van der Waals surface area (Å²) in [6.07, 6.45) is 5.59. The third-order valence-corrected chi connectivity index (χ3v) is 4.51. The zero-order valence-corrected chi connectivity index (χ0v) is 13.0. The minimum absolute atomic E-state index is 0.315. The Morgan fingerprint density at radius 2 is 1.91 bits per heavy atom. The number of rotatable bonds is 2. The molecule has 23 heavy (non-hydrogen) atoms. The topological polar surface area (TPSA) is 46.8 Å². The molecule has 0 spiro atoms. The van der Waals surface area contributed by atoms with Crippen LogP contribution in [0.4, 0.5) is 10.2 Å². The van der Waals surface area contributed by atoms with Crippen LogP contribution in [-0.2, 0) is 0 Å². The lowest BCUT2D eigenvalue weighted by atomic mass is 9.99. The van der Waals surface area contributed by atoms with E-state index >= 15 is 0 Å². The molecular weight excluding hydrogens is 293 g/mol. The summed E-state index contributed by atoms with van der Waals surface area (Å²) < 4.78 is 15.6. The highest BCUT2D eigenvalue weighted by molar-refractivity contribution is 5.87. The summed E-state index contributed by atoms with van der Waals surface area (Å²) in [5, 5.41) is 5.21. The molecule has 6 heteroatoms. The first-order valence-corrected chi connectivity index (χ1v) is 7.92. The number of piperidine rings is 1. The number of hydrogen-bond donors (Lipinski definition) is 0. The molecular formula is C17H18FN5. The molecule has 1 fully saturated rings. The fourth-order valence-corrected chi connectivity index (χ4v) is 3.10. The monoisotopic (exact) mass is 311 g/mol. The smallest absolute Gasteiger partial charge is 0.168 e. The summed E-state index contributed by atoms with van der Waals surface area (Å²) in [7, 11) is 0. The lowest BCUT2D eigenvalue weighted by Gasteiger charge is -2.31. The zero-order chi connectivity index (χ0) is 15.8. The summed E-state index contributed by atoms with van der Waals surface area (Å²) in [5.74, 6) is 1.33. The van der Waals surface area contributed by atoms with Gasteiger partial charge in [-0.3, -0.25) is 0 Å². The Kier molecular flexibility index (Phi) is 3.44. The van der Waals surface area contributed by atoms with E-state index < -0.39 is 0 Å². The molecule has 0 atom stereocenters. The second-order valence-corrected chi connectivity index (χ2v) is 6.11. The van der Waals surface area contributed by atoms with E-state index in [2.05, 4.69) is 26.9 Å². The Morgan fingerprint density at radius 1 is 1.13 bits per heavy atom. The summed E-state index contributed by atoms with van der Waals surface area (Å²) in [6.45, 7) is 4.25. The Labute approximate surface area is 133 Å². The van der Waals surface area contributed by atoms with Crippen LogP contribution < -0.4 is 4.90 Å². The number of anilines is 1. The fourth-order valence-electron chi connectivity index (χ4n) is 3.10. The zero-order valence-electron chi connectivity index (χ0n) is 13.0. The first kappa shape index (κ1) is 14.1. The number of halogens is 1. The lowest BCUT2D eigenvalue weighted by molar-refractivity contribution is 0.437. The Bertz CT molecular complexity index is 836. The van der Waals surface area contributed by atoms with Gasteiger partial charge in [-0.2, -0.15) is 5.10 Å². The fraction of sp³-hybridized carbons (Fsp3) is 0.353. The van der Waals surface area contributed by atoms with Crippen LogP contribution in [0.5, 0.6) is 0 Å². The van der Waals surface area contributed by atoms with Crippen molar-refractivity contribution in [3.05, 3.63) is 42.6 Å². The lowest BCUT2D eigenvalue weighted by Crippen LogP contribution is -2.33. The van der Waals surface area contributed by atoms with Crippen molar-refractivity contribution in [3.8, 4) is 5.69 Å². The van der Waals surface area contributed by atoms with E-state index in [9.17, 15) is 4.39 Å². The van der Waals surface area contributed by atoms with Crippen LogP contribution in [0.25, 0.3) is 16.7 Å². The van der Waals surface area contributed by atoms with Crippen LogP contribution in [0.2, 0.25) is 0 Å². The highest BCUT2D eigenvalue weighted by atomic mass is 19.1. The van der Waals surface area contributed by atoms with Gasteiger partial charge in [0.25, 0.3) is 0 Å². The van der Waals surface area contributed by atoms with Crippen LogP contribution in [0.1, 0.15) is 19.8 Å². The molecule has 1 aromatic carbocycles. The largest absolute Gasteiger partial charge is 0.356 e. The summed E-state index contributed by atoms with van der Waals surface area (Å²) >= 11 is 0. The van der Waals surface area contributed by atoms with E-state index in [1.807, 2.05) is 0 Å². The molecule has 0 N–H and O–H groups in total. The van der Waals surface area contributed by atoms with Gasteiger partial charge in [-0.25, -0.2) is 19.0 Å². The van der Waals surface area contributed by atoms with Crippen molar-refractivity contribution in [1.29, 1.82) is 0 Å². The number of nitrogens with zero attached hydrogens (tertiary/aromatic N) is 5. The highest BCUT2D eigenvalue weighted by Crippen LogP contribution is 2.28. The number of aromatic nitrogens is 4. The van der Waals surface area contributed by atoms with Crippen LogP contribution >= 0.6 is 0 Å². The highest BCUT2D eigenvalue weighted by Gasteiger charge is 2.21. The minimum atomic E-state index is -0.315. The molecule has 1 aliphatic heterocycles. The quantitative estimate of drug-likeness (QED) is 0.729. The standard InChI is InChI=1S/C17H18FN5/c1-12-6-8-22(9-7-12)16-13-10-21-23(17(13)20-11-19-16)15-5-3-2-4-14(15)18/h2-5,10-12H,6-9H2,1H3. The van der Waals surface area contributed by atoms with Gasteiger partial charge in [-0.15, -0.1) is 0 Å². The maximum absolute atomic E-state index is 14.1. The van der Waals surface area contributed by atoms with Gasteiger partial charge in [-0.05, 0) is 30.9 Å². The molecule has 2 aromatic heterocycles. The van der Waals surface area contributed by atoms with E-state index in [0.29, 0.717) is 11.3 Å². The SMILES string of the molecule is CC1CCN(c2ncnc3c2cnn3-c2ccccc2F)CC1. The Hall–Kier alpha value is -2.50. The molecule has 5 nitrogen and oxygen atoms in total. The van der Waals surface area contributed by atoms with Gasteiger partial charge in [0.1, 0.15) is 23.6 Å². The molecule has 4 rings (SSSR count). The molecule has 0 unspecified atom stereocenters. The number of para-hydroxylation sites is 1. The van der Waals surface area contributed by atoms with Crippen molar-refractivity contribution in [2.45, 2.75) is 19.8 Å². The Morgan fingerprint density at radius 3 is 2.70 bits per heavy atom. The second-order valence-electron chi connectivity index (χ2n) is 6.11. The minimum Gasteiger partial charge on any atom is -0.356 e. The van der Waals surface area contributed by atoms with E-state index in [-0.39, 0.29) is 5.82 Å². The van der Waals surface area contributed by atoms with Gasteiger partial charge in [-0.1, -0.05) is 19.1 Å². The summed E-state index contributed by atoms with van der Waals surface area (Å²) in [5.41, 5.74) is 1.04. The Balaban J connectivity index is 1.80. The van der Waals surface area contributed by atoms with Crippen LogP contribution in [0, 0.1) is 11.7 Å². The summed E-state index contributed by atoms with van der Waals surface area (Å²) in [4.78, 5) is 11.1. The van der Waals surface area contributed by atoms with E-state index in [4.69, 9.17) is 0 Å². The number of benzene rings is 1. The molecule has 1 saturated heterocycles. The van der Waals surface area contributed by atoms with Crippen molar-refractivity contribution in [1.82, 2.24) is 19.7 Å². The van der Waals surface area contributed by atoms with Crippen molar-refractivity contribution in [2.75, 3.05) is 18.0 Å². The van der Waals surface area contributed by atoms with Gasteiger partial charge in [0, 0.05) is 13.1 Å². The molecule has 0 radical (unpaired) electrons. The van der Waals surface area contributed by atoms with E-state index in [0.717, 1.165) is 43.1 Å². The molecule has 0 aliphatic carbocycles. The van der Waals surface area contributed by atoms with Gasteiger partial charge in [0.15, 0.2) is 5.65 Å². The van der Waals surface area contributed by atoms with Gasteiger partial charge < -0.3 is 4.90 Å². The van der Waals surface area contributed by atoms with Crippen LogP contribution in [-0.4, -0.2) is 32.8 Å². The molecule has 3 aromatic rings. The molecule has 0 bridgehead atoms. The van der Waals surface area contributed by atoms with Gasteiger partial charge >= 0.3 is 0 Å². The first-order chi connectivity index (χ1) is 11.2. The van der Waals surface area contributed by atoms with Crippen molar-refractivity contribution in [3.63, 3.8) is 0 Å². The van der Waals surface area contributed by atoms with Crippen LogP contribution in [0.3, 0.4) is 0 Å². The number of hydrogen-bond acceptors (Lipinski definition) is 4. The average Bonchev–Trinajstić information content (AvgIpc) is 3.00. The van der Waals surface area contributed by atoms with Crippen LogP contribution in [0.15, 0.2) is 36.8 Å². The normalized spacial score (nSPS) is 16.2. The molecule has 1 aliphatic rings. The molecule has 118 valence electrons. The van der Waals surface area contributed by atoms with Crippen molar-refractivity contribution in [2.24, 2.45) is 5.92 Å². The third kappa shape index (κ3) is 2.44. The van der Waals surface area contributed by atoms with Gasteiger partial charge in [0.2, 0.25) is 0 Å². The third-order valence-electron chi connectivity index (χ3n) is 4.51. The average molecular weight is 311 g/mol. The van der Waals surface area contributed by atoms with Crippen molar-refractivity contribution < 1.29 is 4.39 Å². The molecule has 0 amide bonds. The first-order valence-electron chi connectivity index (χ1n) is 7.92. The predicted octanol–water partition coefficient (Wildman–Crippen LogP) is 3.19. The molecule has 3 heterocycles. The second kappa shape index (κ2) is 5.61. The maximum atomic E-state index is 14.1. The summed E-state index contributed by atoms with van der Waals surface area (Å²) in [6, 6.07) is 6.59. The van der Waals surface area contributed by atoms with Gasteiger partial charge in [0.05, 0.1) is 11.6 Å².